The number of benzene rings is 2. The first-order valence-corrected chi connectivity index (χ1v) is 6.23. The Kier molecular flexibility index (Phi) is 3.96. The van der Waals surface area contributed by atoms with Crippen LogP contribution in [0.3, 0.4) is 0 Å². The van der Waals surface area contributed by atoms with Gasteiger partial charge >= 0.3 is 0 Å². The molecule has 0 saturated carbocycles. The van der Waals surface area contributed by atoms with Crippen molar-refractivity contribution in [2.75, 3.05) is 7.05 Å². The standard InChI is InChI=1S/C16H17F2N/c1-10-7-8-12(11(2)9-10)16(19-3)15-13(17)5-4-6-14(15)18/h4-9,16,19H,1-3H3. The monoisotopic (exact) mass is 261 g/mol. The van der Waals surface area contributed by atoms with Crippen molar-refractivity contribution < 1.29 is 8.78 Å². The summed E-state index contributed by atoms with van der Waals surface area (Å²) in [5.41, 5.74) is 3.10. The van der Waals surface area contributed by atoms with Gasteiger partial charge in [0.05, 0.1) is 6.04 Å². The maximum absolute atomic E-state index is 13.9. The zero-order valence-electron chi connectivity index (χ0n) is 11.3. The smallest absolute Gasteiger partial charge is 0.131 e. The van der Waals surface area contributed by atoms with Crippen LogP contribution in [0.2, 0.25) is 0 Å². The van der Waals surface area contributed by atoms with E-state index >= 15 is 0 Å². The molecule has 0 saturated heterocycles. The Labute approximate surface area is 112 Å². The van der Waals surface area contributed by atoms with Crippen LogP contribution in [-0.4, -0.2) is 7.05 Å². The maximum Gasteiger partial charge on any atom is 0.131 e. The number of hydrogen-bond donors (Lipinski definition) is 1. The van der Waals surface area contributed by atoms with Crippen LogP contribution in [-0.2, 0) is 0 Å². The number of hydrogen-bond acceptors (Lipinski definition) is 1. The van der Waals surface area contributed by atoms with Crippen LogP contribution >= 0.6 is 0 Å². The average Bonchev–Trinajstić information content (AvgIpc) is 2.35. The molecule has 1 atom stereocenters. The normalized spacial score (nSPS) is 12.5. The minimum Gasteiger partial charge on any atom is -0.309 e. The Morgan fingerprint density at radius 3 is 2.16 bits per heavy atom. The van der Waals surface area contributed by atoms with Crippen LogP contribution in [0.5, 0.6) is 0 Å². The maximum atomic E-state index is 13.9. The van der Waals surface area contributed by atoms with Gasteiger partial charge in [-0.1, -0.05) is 29.8 Å². The molecule has 1 N–H and O–H groups in total. The van der Waals surface area contributed by atoms with Gasteiger partial charge in [0.1, 0.15) is 11.6 Å². The molecule has 0 aromatic heterocycles. The van der Waals surface area contributed by atoms with Gasteiger partial charge in [0, 0.05) is 5.56 Å². The minimum absolute atomic E-state index is 0.0666. The fourth-order valence-corrected chi connectivity index (χ4v) is 2.39. The molecule has 0 bridgehead atoms. The van der Waals surface area contributed by atoms with E-state index in [-0.39, 0.29) is 5.56 Å². The molecule has 0 heterocycles. The van der Waals surface area contributed by atoms with E-state index in [2.05, 4.69) is 5.32 Å². The van der Waals surface area contributed by atoms with E-state index in [1.54, 1.807) is 7.05 Å². The summed E-state index contributed by atoms with van der Waals surface area (Å²) in [6.45, 7) is 3.94. The lowest BCUT2D eigenvalue weighted by molar-refractivity contribution is 0.521. The first-order valence-electron chi connectivity index (χ1n) is 6.23. The summed E-state index contributed by atoms with van der Waals surface area (Å²) in [6.07, 6.45) is 0. The lowest BCUT2D eigenvalue weighted by Gasteiger charge is -2.21. The van der Waals surface area contributed by atoms with E-state index in [1.807, 2.05) is 32.0 Å². The van der Waals surface area contributed by atoms with Crippen LogP contribution in [0.1, 0.15) is 28.3 Å². The van der Waals surface area contributed by atoms with Gasteiger partial charge in [-0.2, -0.15) is 0 Å². The van der Waals surface area contributed by atoms with Gasteiger partial charge in [-0.3, -0.25) is 0 Å². The van der Waals surface area contributed by atoms with Crippen LogP contribution < -0.4 is 5.32 Å². The third-order valence-electron chi connectivity index (χ3n) is 3.31. The topological polar surface area (TPSA) is 12.0 Å². The van der Waals surface area contributed by atoms with E-state index in [0.717, 1.165) is 16.7 Å². The SMILES string of the molecule is CNC(c1ccc(C)cc1C)c1c(F)cccc1F. The molecule has 2 rings (SSSR count). The molecule has 0 aliphatic rings. The van der Waals surface area contributed by atoms with E-state index in [4.69, 9.17) is 0 Å². The molecular formula is C16H17F2N. The second-order valence-electron chi connectivity index (χ2n) is 4.72. The lowest BCUT2D eigenvalue weighted by atomic mass is 9.93. The molecule has 0 radical (unpaired) electrons. The summed E-state index contributed by atoms with van der Waals surface area (Å²) in [5, 5.41) is 3.00. The lowest BCUT2D eigenvalue weighted by Crippen LogP contribution is -2.21. The van der Waals surface area contributed by atoms with Crippen molar-refractivity contribution in [2.45, 2.75) is 19.9 Å². The quantitative estimate of drug-likeness (QED) is 0.883. The molecule has 3 heteroatoms. The number of rotatable bonds is 3. The Balaban J connectivity index is 2.56. The van der Waals surface area contributed by atoms with E-state index < -0.39 is 17.7 Å². The van der Waals surface area contributed by atoms with Gasteiger partial charge in [0.2, 0.25) is 0 Å². The van der Waals surface area contributed by atoms with Crippen molar-refractivity contribution in [1.82, 2.24) is 5.32 Å². The molecule has 19 heavy (non-hydrogen) atoms. The van der Waals surface area contributed by atoms with Gasteiger partial charge in [-0.25, -0.2) is 8.78 Å². The molecular weight excluding hydrogens is 244 g/mol. The highest BCUT2D eigenvalue weighted by molar-refractivity contribution is 5.39. The van der Waals surface area contributed by atoms with Gasteiger partial charge in [-0.15, -0.1) is 0 Å². The average molecular weight is 261 g/mol. The van der Waals surface area contributed by atoms with Crippen molar-refractivity contribution in [3.8, 4) is 0 Å². The molecule has 1 unspecified atom stereocenters. The Morgan fingerprint density at radius 2 is 1.63 bits per heavy atom. The third-order valence-corrected chi connectivity index (χ3v) is 3.31. The zero-order valence-corrected chi connectivity index (χ0v) is 11.3. The summed E-state index contributed by atoms with van der Waals surface area (Å²) in [6, 6.07) is 9.34. The summed E-state index contributed by atoms with van der Waals surface area (Å²) in [5.74, 6) is -1.06. The molecule has 0 amide bonds. The molecule has 0 fully saturated rings. The minimum atomic E-state index is -0.528. The van der Waals surface area contributed by atoms with Gasteiger partial charge in [0.15, 0.2) is 0 Å². The van der Waals surface area contributed by atoms with Crippen molar-refractivity contribution >= 4 is 0 Å². The second-order valence-corrected chi connectivity index (χ2v) is 4.72. The number of aryl methyl sites for hydroxylation is 2. The molecule has 2 aromatic rings. The third kappa shape index (κ3) is 2.66. The van der Waals surface area contributed by atoms with Crippen LogP contribution in [0, 0.1) is 25.5 Å². The number of halogens is 2. The van der Waals surface area contributed by atoms with E-state index in [1.165, 1.54) is 18.2 Å². The molecule has 2 aromatic carbocycles. The highest BCUT2D eigenvalue weighted by Gasteiger charge is 2.21. The summed E-state index contributed by atoms with van der Waals surface area (Å²) >= 11 is 0. The Bertz CT molecular complexity index is 573. The van der Waals surface area contributed by atoms with Crippen molar-refractivity contribution in [3.05, 3.63) is 70.3 Å². The fourth-order valence-electron chi connectivity index (χ4n) is 2.39. The van der Waals surface area contributed by atoms with E-state index in [0.29, 0.717) is 0 Å². The first kappa shape index (κ1) is 13.7. The van der Waals surface area contributed by atoms with Crippen LogP contribution in [0.25, 0.3) is 0 Å². The summed E-state index contributed by atoms with van der Waals surface area (Å²) in [4.78, 5) is 0. The molecule has 0 spiro atoms. The number of nitrogens with one attached hydrogen (secondary N) is 1. The molecule has 100 valence electrons. The van der Waals surface area contributed by atoms with E-state index in [9.17, 15) is 8.78 Å². The molecule has 0 aliphatic heterocycles. The Hall–Kier alpha value is -1.74. The Morgan fingerprint density at radius 1 is 1.00 bits per heavy atom. The van der Waals surface area contributed by atoms with Crippen LogP contribution in [0.15, 0.2) is 36.4 Å². The predicted octanol–water partition coefficient (Wildman–Crippen LogP) is 3.89. The molecule has 1 nitrogen and oxygen atoms in total. The van der Waals surface area contributed by atoms with Crippen molar-refractivity contribution in [3.63, 3.8) is 0 Å². The van der Waals surface area contributed by atoms with Gasteiger partial charge in [0.25, 0.3) is 0 Å². The fraction of sp³-hybridized carbons (Fsp3) is 0.250. The first-order chi connectivity index (χ1) is 9.04. The second kappa shape index (κ2) is 5.49. The highest BCUT2D eigenvalue weighted by atomic mass is 19.1. The molecule has 0 aliphatic carbocycles. The predicted molar refractivity (Wildman–Crippen MR) is 73.2 cm³/mol. The zero-order chi connectivity index (χ0) is 14.0. The highest BCUT2D eigenvalue weighted by Crippen LogP contribution is 2.29. The largest absolute Gasteiger partial charge is 0.309 e. The summed E-state index contributed by atoms with van der Waals surface area (Å²) in [7, 11) is 1.70. The van der Waals surface area contributed by atoms with Gasteiger partial charge < -0.3 is 5.32 Å². The van der Waals surface area contributed by atoms with Crippen molar-refractivity contribution in [2.24, 2.45) is 0 Å². The van der Waals surface area contributed by atoms with Gasteiger partial charge in [-0.05, 0) is 44.2 Å². The van der Waals surface area contributed by atoms with Crippen molar-refractivity contribution in [1.29, 1.82) is 0 Å². The van der Waals surface area contributed by atoms with Crippen LogP contribution in [0.4, 0.5) is 8.78 Å². The summed E-state index contributed by atoms with van der Waals surface area (Å²) < 4.78 is 27.8.